The summed E-state index contributed by atoms with van der Waals surface area (Å²) in [5.74, 6) is 0. The van der Waals surface area contributed by atoms with Gasteiger partial charge in [-0.05, 0) is 24.1 Å². The molecule has 0 saturated heterocycles. The Kier molecular flexibility index (Phi) is 1.64. The zero-order chi connectivity index (χ0) is 9.54. The van der Waals surface area contributed by atoms with Gasteiger partial charge in [0, 0.05) is 15.8 Å². The minimum atomic E-state index is 1.01. The van der Waals surface area contributed by atoms with Crippen LogP contribution in [0, 0.1) is 0 Å². The van der Waals surface area contributed by atoms with E-state index in [-0.39, 0.29) is 0 Å². The number of fused-ring (bicyclic) bond motifs is 3. The molecule has 0 atom stereocenters. The topological polar surface area (TPSA) is 26.0 Å². The van der Waals surface area contributed by atoms with Gasteiger partial charge in [0.05, 0.1) is 4.53 Å². The van der Waals surface area contributed by atoms with Crippen molar-refractivity contribution in [2.75, 3.05) is 0 Å². The van der Waals surface area contributed by atoms with Crippen molar-refractivity contribution in [2.45, 2.75) is 12.8 Å². The van der Waals surface area contributed by atoms with Crippen molar-refractivity contribution in [2.24, 2.45) is 5.73 Å². The van der Waals surface area contributed by atoms with Gasteiger partial charge in [0.2, 0.25) is 0 Å². The number of hydrogen-bond donors (Lipinski definition) is 1. The van der Waals surface area contributed by atoms with E-state index in [2.05, 4.69) is 30.3 Å². The van der Waals surface area contributed by atoms with Gasteiger partial charge in [-0.1, -0.05) is 24.3 Å². The molecule has 0 fully saturated rings. The summed E-state index contributed by atoms with van der Waals surface area (Å²) in [5, 5.41) is 2.71. The maximum Gasteiger partial charge on any atom is 0.0539 e. The van der Waals surface area contributed by atoms with E-state index in [1.54, 1.807) is 0 Å². The first kappa shape index (κ1) is 8.06. The number of thiophene rings is 1. The summed E-state index contributed by atoms with van der Waals surface area (Å²) in [6.45, 7) is 0. The molecule has 14 heavy (non-hydrogen) atoms. The largest absolute Gasteiger partial charge is 0.401 e. The number of nitrogens with two attached hydrogens (primary N) is 1. The predicted molar refractivity (Wildman–Crippen MR) is 62.4 cm³/mol. The molecule has 1 nitrogen and oxygen atoms in total. The van der Waals surface area contributed by atoms with Crippen molar-refractivity contribution in [3.63, 3.8) is 0 Å². The summed E-state index contributed by atoms with van der Waals surface area (Å²) in [6.07, 6.45) is 4.41. The van der Waals surface area contributed by atoms with Crippen LogP contribution in [0.25, 0.3) is 21.9 Å². The Bertz CT molecular complexity index is 607. The smallest absolute Gasteiger partial charge is 0.0539 e. The number of hydrogen-bond acceptors (Lipinski definition) is 2. The molecule has 0 unspecified atom stereocenters. The van der Waals surface area contributed by atoms with Gasteiger partial charge < -0.3 is 5.73 Å². The highest BCUT2D eigenvalue weighted by atomic mass is 32.1. The van der Waals surface area contributed by atoms with E-state index in [1.165, 1.54) is 19.8 Å². The highest BCUT2D eigenvalue weighted by molar-refractivity contribution is 7.17. The fraction of sp³-hybridized carbons (Fsp3) is 0.167. The highest BCUT2D eigenvalue weighted by Gasteiger charge is 2.06. The standard InChI is InChI=1S/C12H11NS/c13-10-6-3-5-9-8-4-1-2-7-11(8)14-12(9)10/h1-2,4-5,7H,3,6,13H2. The number of rotatable bonds is 0. The minimum Gasteiger partial charge on any atom is -0.401 e. The molecule has 2 N–H and O–H groups in total. The molecular weight excluding hydrogens is 190 g/mol. The molecule has 2 heteroatoms. The molecule has 70 valence electrons. The summed E-state index contributed by atoms with van der Waals surface area (Å²) < 4.78 is 2.64. The lowest BCUT2D eigenvalue weighted by Crippen LogP contribution is -2.27. The van der Waals surface area contributed by atoms with E-state index in [0.29, 0.717) is 0 Å². The van der Waals surface area contributed by atoms with Crippen LogP contribution in [0.4, 0.5) is 0 Å². The van der Waals surface area contributed by atoms with E-state index in [4.69, 9.17) is 5.73 Å². The Morgan fingerprint density at radius 1 is 1.21 bits per heavy atom. The van der Waals surface area contributed by atoms with Gasteiger partial charge in [-0.25, -0.2) is 0 Å². The van der Waals surface area contributed by atoms with Gasteiger partial charge in [0.25, 0.3) is 0 Å². The van der Waals surface area contributed by atoms with Crippen molar-refractivity contribution in [1.29, 1.82) is 0 Å². The zero-order valence-electron chi connectivity index (χ0n) is 7.79. The maximum absolute atomic E-state index is 6.02. The van der Waals surface area contributed by atoms with Gasteiger partial charge in [0.15, 0.2) is 0 Å². The molecule has 1 heterocycles. The summed E-state index contributed by atoms with van der Waals surface area (Å²) >= 11 is 1.81. The van der Waals surface area contributed by atoms with Crippen molar-refractivity contribution < 1.29 is 0 Å². The van der Waals surface area contributed by atoms with Crippen LogP contribution in [0.3, 0.4) is 0 Å². The van der Waals surface area contributed by atoms with Crippen LogP contribution in [-0.2, 0) is 0 Å². The molecule has 1 aliphatic rings. The lowest BCUT2D eigenvalue weighted by molar-refractivity contribution is 1.07. The molecule has 0 aliphatic heterocycles. The average Bonchev–Trinajstić information content (AvgIpc) is 2.59. The van der Waals surface area contributed by atoms with Crippen LogP contribution in [0.15, 0.2) is 24.3 Å². The van der Waals surface area contributed by atoms with Gasteiger partial charge in [0.1, 0.15) is 0 Å². The SMILES string of the molecule is NC1=c2sc3ccccc3c2=CCC1. The van der Waals surface area contributed by atoms with Crippen LogP contribution in [0.1, 0.15) is 12.8 Å². The minimum absolute atomic E-state index is 1.01. The average molecular weight is 201 g/mol. The normalized spacial score (nSPS) is 15.3. The third-order valence-corrected chi connectivity index (χ3v) is 3.95. The molecule has 0 amide bonds. The Morgan fingerprint density at radius 2 is 2.07 bits per heavy atom. The molecule has 2 aromatic rings. The van der Waals surface area contributed by atoms with E-state index in [1.807, 2.05) is 11.3 Å². The Hall–Kier alpha value is -1.28. The second-order valence-electron chi connectivity index (χ2n) is 3.61. The summed E-state index contributed by atoms with van der Waals surface area (Å²) in [7, 11) is 0. The fourth-order valence-electron chi connectivity index (χ4n) is 1.99. The molecule has 1 aromatic carbocycles. The Labute approximate surface area is 86.2 Å². The summed E-state index contributed by atoms with van der Waals surface area (Å²) in [5.41, 5.74) is 7.08. The maximum atomic E-state index is 6.02. The van der Waals surface area contributed by atoms with Crippen LogP contribution in [0.2, 0.25) is 0 Å². The quantitative estimate of drug-likeness (QED) is 0.687. The van der Waals surface area contributed by atoms with Crippen LogP contribution in [-0.4, -0.2) is 0 Å². The molecule has 1 aromatic heterocycles. The van der Waals surface area contributed by atoms with Gasteiger partial charge >= 0.3 is 0 Å². The summed E-state index contributed by atoms with van der Waals surface area (Å²) in [6, 6.07) is 8.52. The van der Waals surface area contributed by atoms with Crippen molar-refractivity contribution in [3.8, 4) is 0 Å². The lowest BCUT2D eigenvalue weighted by Gasteiger charge is -2.01. The van der Waals surface area contributed by atoms with Gasteiger partial charge in [-0.2, -0.15) is 0 Å². The zero-order valence-corrected chi connectivity index (χ0v) is 8.60. The Morgan fingerprint density at radius 3 is 3.00 bits per heavy atom. The molecule has 1 aliphatic carbocycles. The monoisotopic (exact) mass is 201 g/mol. The molecular formula is C12H11NS. The van der Waals surface area contributed by atoms with Crippen molar-refractivity contribution in [1.82, 2.24) is 0 Å². The van der Waals surface area contributed by atoms with Gasteiger partial charge in [-0.3, -0.25) is 0 Å². The molecule has 0 radical (unpaired) electrons. The van der Waals surface area contributed by atoms with Gasteiger partial charge in [-0.15, -0.1) is 11.3 Å². The first-order chi connectivity index (χ1) is 6.86. The first-order valence-corrected chi connectivity index (χ1v) is 5.64. The first-order valence-electron chi connectivity index (χ1n) is 4.82. The van der Waals surface area contributed by atoms with E-state index in [0.717, 1.165) is 18.5 Å². The third-order valence-electron chi connectivity index (χ3n) is 2.69. The lowest BCUT2D eigenvalue weighted by atomic mass is 10.1. The van der Waals surface area contributed by atoms with E-state index in [9.17, 15) is 0 Å². The third kappa shape index (κ3) is 1.01. The van der Waals surface area contributed by atoms with Crippen molar-refractivity contribution >= 4 is 33.2 Å². The molecule has 3 rings (SSSR count). The van der Waals surface area contributed by atoms with Crippen molar-refractivity contribution in [3.05, 3.63) is 34.0 Å². The predicted octanol–water partition coefficient (Wildman–Crippen LogP) is 1.54. The van der Waals surface area contributed by atoms with Crippen LogP contribution >= 0.6 is 11.3 Å². The second-order valence-corrected chi connectivity index (χ2v) is 4.66. The summed E-state index contributed by atoms with van der Waals surface area (Å²) in [4.78, 5) is 0. The highest BCUT2D eigenvalue weighted by Crippen LogP contribution is 2.15. The molecule has 0 bridgehead atoms. The number of benzene rings is 1. The van der Waals surface area contributed by atoms with E-state index < -0.39 is 0 Å². The molecule has 0 saturated carbocycles. The van der Waals surface area contributed by atoms with Crippen LogP contribution < -0.4 is 15.5 Å². The second kappa shape index (κ2) is 2.85. The van der Waals surface area contributed by atoms with Crippen LogP contribution in [0.5, 0.6) is 0 Å². The molecule has 0 spiro atoms. The Balaban J connectivity index is 2.63. The van der Waals surface area contributed by atoms with E-state index >= 15 is 0 Å². The fourth-order valence-corrected chi connectivity index (χ4v) is 3.18.